The van der Waals surface area contributed by atoms with Gasteiger partial charge in [-0.1, -0.05) is 0 Å². The Hall–Kier alpha value is -1.86. The first-order chi connectivity index (χ1) is 9.54. The van der Waals surface area contributed by atoms with Crippen LogP contribution in [0.5, 0.6) is 5.75 Å². The zero-order valence-corrected chi connectivity index (χ0v) is 11.6. The van der Waals surface area contributed by atoms with Gasteiger partial charge in [0.25, 0.3) is 0 Å². The van der Waals surface area contributed by atoms with Crippen LogP contribution in [-0.4, -0.2) is 18.0 Å². The molecule has 2 aromatic rings. The molecule has 0 amide bonds. The molecule has 1 aliphatic carbocycles. The van der Waals surface area contributed by atoms with Gasteiger partial charge in [0.05, 0.1) is 23.1 Å². The summed E-state index contributed by atoms with van der Waals surface area (Å²) in [6.07, 6.45) is 5.98. The molecule has 6 nitrogen and oxygen atoms in total. The maximum absolute atomic E-state index is 11.1. The number of nitrogens with zero attached hydrogens (tertiary/aromatic N) is 2. The van der Waals surface area contributed by atoms with E-state index in [0.717, 1.165) is 5.69 Å². The molecule has 3 rings (SSSR count). The fourth-order valence-electron chi connectivity index (χ4n) is 2.01. The predicted molar refractivity (Wildman–Crippen MR) is 72.6 cm³/mol. The predicted octanol–water partition coefficient (Wildman–Crippen LogP) is 1.44. The third kappa shape index (κ3) is 2.83. The number of aromatic nitrogens is 2. The molecule has 2 N–H and O–H groups in total. The normalized spacial score (nSPS) is 15.2. The van der Waals surface area contributed by atoms with Gasteiger partial charge >= 0.3 is 0 Å². The second kappa shape index (κ2) is 4.92. The smallest absolute Gasteiger partial charge is 0.238 e. The van der Waals surface area contributed by atoms with Crippen LogP contribution in [0.25, 0.3) is 0 Å². The van der Waals surface area contributed by atoms with Crippen molar-refractivity contribution in [3.63, 3.8) is 0 Å². The number of imidazole rings is 1. The van der Waals surface area contributed by atoms with E-state index in [1.807, 2.05) is 6.33 Å². The highest BCUT2D eigenvalue weighted by Crippen LogP contribution is 2.35. The van der Waals surface area contributed by atoms with Gasteiger partial charge in [-0.15, -0.1) is 0 Å². The summed E-state index contributed by atoms with van der Waals surface area (Å²) in [5.74, 6) is 0.598. The van der Waals surface area contributed by atoms with Gasteiger partial charge in [0.15, 0.2) is 0 Å². The van der Waals surface area contributed by atoms with Crippen molar-refractivity contribution in [2.75, 3.05) is 0 Å². The molecule has 1 aliphatic rings. The first-order valence-corrected chi connectivity index (χ1v) is 7.85. The van der Waals surface area contributed by atoms with E-state index >= 15 is 0 Å². The minimum Gasteiger partial charge on any atom is -0.487 e. The highest BCUT2D eigenvalue weighted by Gasteiger charge is 2.25. The summed E-state index contributed by atoms with van der Waals surface area (Å²) >= 11 is 0. The van der Waals surface area contributed by atoms with Crippen LogP contribution in [0.1, 0.15) is 24.6 Å². The zero-order chi connectivity index (χ0) is 14.2. The Bertz CT molecular complexity index is 703. The number of primary sulfonamides is 1. The van der Waals surface area contributed by atoms with Crippen LogP contribution in [0.4, 0.5) is 0 Å². The summed E-state index contributed by atoms with van der Waals surface area (Å²) in [5.41, 5.74) is 1.02. The third-order valence-electron chi connectivity index (χ3n) is 3.23. The molecule has 0 atom stereocenters. The van der Waals surface area contributed by atoms with Gasteiger partial charge in [-0.2, -0.15) is 0 Å². The van der Waals surface area contributed by atoms with Gasteiger partial charge in [0.2, 0.25) is 10.0 Å². The fraction of sp³-hybridized carbons (Fsp3) is 0.308. The van der Waals surface area contributed by atoms with Gasteiger partial charge in [-0.05, 0) is 37.1 Å². The van der Waals surface area contributed by atoms with E-state index < -0.39 is 10.0 Å². The van der Waals surface area contributed by atoms with Crippen molar-refractivity contribution in [2.24, 2.45) is 5.14 Å². The minimum absolute atomic E-state index is 0.0767. The number of nitrogens with two attached hydrogens (primary N) is 1. The minimum atomic E-state index is -3.66. The topological polar surface area (TPSA) is 87.2 Å². The van der Waals surface area contributed by atoms with Crippen LogP contribution in [0.15, 0.2) is 41.7 Å². The van der Waals surface area contributed by atoms with E-state index in [0.29, 0.717) is 18.4 Å². The van der Waals surface area contributed by atoms with Gasteiger partial charge < -0.3 is 9.30 Å². The Kier molecular flexibility index (Phi) is 3.23. The van der Waals surface area contributed by atoms with Crippen molar-refractivity contribution in [3.8, 4) is 5.75 Å². The Morgan fingerprint density at radius 2 is 2.00 bits per heavy atom. The van der Waals surface area contributed by atoms with Crippen molar-refractivity contribution in [1.29, 1.82) is 0 Å². The van der Waals surface area contributed by atoms with E-state index in [4.69, 9.17) is 9.88 Å². The molecule has 106 valence electrons. The number of ether oxygens (including phenoxy) is 1. The first kappa shape index (κ1) is 13.1. The van der Waals surface area contributed by atoms with Crippen molar-refractivity contribution in [3.05, 3.63) is 42.5 Å². The van der Waals surface area contributed by atoms with Gasteiger partial charge in [-0.3, -0.25) is 0 Å². The standard InChI is InChI=1S/C13H15N3O3S/c14-20(17,18)13-5-3-12(4-6-13)19-8-11-7-15-9-16(11)10-1-2-10/h3-7,9-10H,1-2,8H2,(H2,14,17,18). The number of hydrogen-bond donors (Lipinski definition) is 1. The Labute approximate surface area is 117 Å². The van der Waals surface area contributed by atoms with Crippen molar-refractivity contribution in [1.82, 2.24) is 9.55 Å². The molecule has 0 spiro atoms. The van der Waals surface area contributed by atoms with Crippen LogP contribution >= 0.6 is 0 Å². The van der Waals surface area contributed by atoms with E-state index in [9.17, 15) is 8.42 Å². The van der Waals surface area contributed by atoms with Crippen LogP contribution in [0, 0.1) is 0 Å². The summed E-state index contributed by atoms with van der Waals surface area (Å²) in [6, 6.07) is 6.61. The van der Waals surface area contributed by atoms with E-state index in [1.165, 1.54) is 25.0 Å². The number of benzene rings is 1. The Morgan fingerprint density at radius 3 is 2.60 bits per heavy atom. The molecule has 0 bridgehead atoms. The van der Waals surface area contributed by atoms with E-state index in [-0.39, 0.29) is 4.90 Å². The molecule has 1 fully saturated rings. The van der Waals surface area contributed by atoms with E-state index in [2.05, 4.69) is 9.55 Å². The largest absolute Gasteiger partial charge is 0.487 e. The van der Waals surface area contributed by atoms with Crippen molar-refractivity contribution in [2.45, 2.75) is 30.4 Å². The monoisotopic (exact) mass is 293 g/mol. The number of hydrogen-bond acceptors (Lipinski definition) is 4. The molecule has 1 saturated carbocycles. The summed E-state index contributed by atoms with van der Waals surface area (Å²) in [4.78, 5) is 4.21. The molecular weight excluding hydrogens is 278 g/mol. The molecule has 1 aromatic carbocycles. The third-order valence-corrected chi connectivity index (χ3v) is 4.15. The molecule has 7 heteroatoms. The lowest BCUT2D eigenvalue weighted by molar-refractivity contribution is 0.294. The molecule has 0 unspecified atom stereocenters. The molecular formula is C13H15N3O3S. The summed E-state index contributed by atoms with van der Waals surface area (Å²) in [5, 5.41) is 5.04. The lowest BCUT2D eigenvalue weighted by atomic mass is 10.3. The molecule has 0 saturated heterocycles. The zero-order valence-electron chi connectivity index (χ0n) is 10.8. The van der Waals surface area contributed by atoms with Crippen molar-refractivity contribution >= 4 is 10.0 Å². The van der Waals surface area contributed by atoms with E-state index in [1.54, 1.807) is 18.3 Å². The molecule has 1 aromatic heterocycles. The number of rotatable bonds is 5. The summed E-state index contributed by atoms with van der Waals surface area (Å²) in [7, 11) is -3.66. The molecule has 20 heavy (non-hydrogen) atoms. The van der Waals surface area contributed by atoms with Gasteiger partial charge in [-0.25, -0.2) is 18.5 Å². The van der Waals surface area contributed by atoms with Gasteiger partial charge in [0.1, 0.15) is 12.4 Å². The Balaban J connectivity index is 1.67. The number of sulfonamides is 1. The highest BCUT2D eigenvalue weighted by atomic mass is 32.2. The summed E-state index contributed by atoms with van der Waals surface area (Å²) in [6.45, 7) is 0.408. The molecule has 1 heterocycles. The quantitative estimate of drug-likeness (QED) is 0.903. The SMILES string of the molecule is NS(=O)(=O)c1ccc(OCc2cncn2C2CC2)cc1. The average molecular weight is 293 g/mol. The second-order valence-corrected chi connectivity index (χ2v) is 6.39. The van der Waals surface area contributed by atoms with Crippen LogP contribution in [0.2, 0.25) is 0 Å². The lowest BCUT2D eigenvalue weighted by Gasteiger charge is -2.09. The maximum atomic E-state index is 11.1. The molecule has 0 radical (unpaired) electrons. The molecule has 0 aliphatic heterocycles. The fourth-order valence-corrected chi connectivity index (χ4v) is 2.52. The highest BCUT2D eigenvalue weighted by molar-refractivity contribution is 7.89. The van der Waals surface area contributed by atoms with Gasteiger partial charge in [0, 0.05) is 6.04 Å². The van der Waals surface area contributed by atoms with Crippen molar-refractivity contribution < 1.29 is 13.2 Å². The maximum Gasteiger partial charge on any atom is 0.238 e. The average Bonchev–Trinajstić information content (AvgIpc) is 3.15. The van der Waals surface area contributed by atoms with Crippen LogP contribution in [-0.2, 0) is 16.6 Å². The second-order valence-electron chi connectivity index (χ2n) is 4.83. The lowest BCUT2D eigenvalue weighted by Crippen LogP contribution is -2.11. The first-order valence-electron chi connectivity index (χ1n) is 6.30. The summed E-state index contributed by atoms with van der Waals surface area (Å²) < 4.78 is 30.0. The van der Waals surface area contributed by atoms with Crippen LogP contribution in [0.3, 0.4) is 0 Å². The Morgan fingerprint density at radius 1 is 1.30 bits per heavy atom. The van der Waals surface area contributed by atoms with Crippen LogP contribution < -0.4 is 9.88 Å².